The quantitative estimate of drug-likeness (QED) is 0.310. The van der Waals surface area contributed by atoms with Gasteiger partial charge in [-0.15, -0.1) is 0 Å². The summed E-state index contributed by atoms with van der Waals surface area (Å²) in [5.41, 5.74) is 0. The maximum Gasteiger partial charge on any atom is 0.303 e. The van der Waals surface area contributed by atoms with Gasteiger partial charge in [-0.05, 0) is 7.05 Å². The number of carbonyl (C=O) groups excluding carboxylic acids is 4. The van der Waals surface area contributed by atoms with Gasteiger partial charge in [0, 0.05) is 60.4 Å². The Hall–Kier alpha value is -2.28. The maximum absolute atomic E-state index is 11.8. The zero-order valence-electron chi connectivity index (χ0n) is 19.8. The van der Waals surface area contributed by atoms with Crippen LogP contribution >= 0.6 is 0 Å². The van der Waals surface area contributed by atoms with Gasteiger partial charge in [-0.3, -0.25) is 24.1 Å². The van der Waals surface area contributed by atoms with Crippen molar-refractivity contribution in [3.63, 3.8) is 0 Å². The van der Waals surface area contributed by atoms with Crippen molar-refractivity contribution < 1.29 is 47.6 Å². The minimum atomic E-state index is -1.22. The molecule has 2 rings (SSSR count). The predicted octanol–water partition coefficient (Wildman–Crippen LogP) is -0.666. The van der Waals surface area contributed by atoms with Crippen LogP contribution in [0.3, 0.4) is 0 Å². The molecular formula is C21H34N2O10. The average molecular weight is 475 g/mol. The first-order valence-electron chi connectivity index (χ1n) is 10.9. The Morgan fingerprint density at radius 1 is 0.788 bits per heavy atom. The highest BCUT2D eigenvalue weighted by molar-refractivity contribution is 5.68. The summed E-state index contributed by atoms with van der Waals surface area (Å²) < 4.78 is 32.9. The Kier molecular flexibility index (Phi) is 10.5. The largest absolute Gasteiger partial charge is 0.463 e. The van der Waals surface area contributed by atoms with Crippen molar-refractivity contribution in [1.82, 2.24) is 9.80 Å². The fourth-order valence-corrected chi connectivity index (χ4v) is 3.69. The van der Waals surface area contributed by atoms with Crippen LogP contribution in [0.4, 0.5) is 0 Å². The van der Waals surface area contributed by atoms with Crippen LogP contribution in [0.2, 0.25) is 0 Å². The van der Waals surface area contributed by atoms with Crippen molar-refractivity contribution >= 4 is 23.9 Å². The summed E-state index contributed by atoms with van der Waals surface area (Å²) in [5, 5.41) is 0. The van der Waals surface area contributed by atoms with Crippen molar-refractivity contribution in [2.75, 3.05) is 53.0 Å². The Labute approximate surface area is 193 Å². The van der Waals surface area contributed by atoms with Gasteiger partial charge in [-0.25, -0.2) is 0 Å². The molecule has 12 heteroatoms. The summed E-state index contributed by atoms with van der Waals surface area (Å²) in [5.74, 6) is -2.59. The summed E-state index contributed by atoms with van der Waals surface area (Å²) in [6.45, 7) is 9.00. The van der Waals surface area contributed by atoms with Crippen LogP contribution in [0.5, 0.6) is 0 Å². The SMILES string of the molecule is CC(=O)OCC1O[C@@H](OCCN2CCN(C)CC2)C(OC(C)=O)C(OC(C)=O)[C@@H]1OC(C)=O. The monoisotopic (exact) mass is 474 g/mol. The van der Waals surface area contributed by atoms with E-state index in [0.717, 1.165) is 26.2 Å². The van der Waals surface area contributed by atoms with Crippen molar-refractivity contribution in [2.24, 2.45) is 0 Å². The molecule has 0 aromatic carbocycles. The third-order valence-electron chi connectivity index (χ3n) is 5.23. The van der Waals surface area contributed by atoms with E-state index in [-0.39, 0.29) is 13.2 Å². The third kappa shape index (κ3) is 8.88. The molecule has 5 atom stereocenters. The van der Waals surface area contributed by atoms with E-state index >= 15 is 0 Å². The normalized spacial score (nSPS) is 28.6. The first-order valence-corrected chi connectivity index (χ1v) is 10.9. The lowest BCUT2D eigenvalue weighted by molar-refractivity contribution is -0.308. The topological polar surface area (TPSA) is 130 Å². The number of hydrogen-bond acceptors (Lipinski definition) is 12. The fraction of sp³-hybridized carbons (Fsp3) is 0.810. The van der Waals surface area contributed by atoms with Crippen molar-refractivity contribution in [3.8, 4) is 0 Å². The summed E-state index contributed by atoms with van der Waals surface area (Å²) in [6, 6.07) is 0. The number of rotatable bonds is 9. The lowest BCUT2D eigenvalue weighted by Crippen LogP contribution is -2.63. The van der Waals surface area contributed by atoms with Crippen LogP contribution in [0.1, 0.15) is 27.7 Å². The second-order valence-electron chi connectivity index (χ2n) is 8.08. The molecule has 2 fully saturated rings. The molecule has 0 amide bonds. The maximum atomic E-state index is 11.8. The van der Waals surface area contributed by atoms with Gasteiger partial charge in [0.25, 0.3) is 0 Å². The van der Waals surface area contributed by atoms with E-state index in [1.54, 1.807) is 0 Å². The number of hydrogen-bond donors (Lipinski definition) is 0. The molecule has 0 aromatic heterocycles. The standard InChI is InChI=1S/C21H34N2O10/c1-13(24)29-12-17-18(30-14(2)25)19(31-15(3)26)20(32-16(4)27)21(33-17)28-11-10-23-8-6-22(5)7-9-23/h17-21H,6-12H2,1-5H3/t17?,18-,19?,20?,21-/m1/s1. The number of esters is 4. The van der Waals surface area contributed by atoms with Gasteiger partial charge in [-0.1, -0.05) is 0 Å². The molecule has 188 valence electrons. The van der Waals surface area contributed by atoms with Crippen LogP contribution in [0.25, 0.3) is 0 Å². The molecular weight excluding hydrogens is 440 g/mol. The first kappa shape index (κ1) is 27.0. The van der Waals surface area contributed by atoms with Gasteiger partial charge in [0.05, 0.1) is 6.61 Å². The van der Waals surface area contributed by atoms with E-state index in [4.69, 9.17) is 28.4 Å². The highest BCUT2D eigenvalue weighted by atomic mass is 16.7. The van der Waals surface area contributed by atoms with Crippen molar-refractivity contribution in [1.29, 1.82) is 0 Å². The van der Waals surface area contributed by atoms with Crippen LogP contribution in [-0.2, 0) is 47.6 Å². The lowest BCUT2D eigenvalue weighted by atomic mass is 9.98. The molecule has 2 saturated heterocycles. The van der Waals surface area contributed by atoms with Gasteiger partial charge in [0.15, 0.2) is 24.6 Å². The molecule has 0 aliphatic carbocycles. The number of nitrogens with zero attached hydrogens (tertiary/aromatic N) is 2. The number of carbonyl (C=O) groups is 4. The summed E-state index contributed by atoms with van der Waals surface area (Å²) in [7, 11) is 2.06. The first-order chi connectivity index (χ1) is 15.6. The Balaban J connectivity index is 2.20. The van der Waals surface area contributed by atoms with Gasteiger partial charge >= 0.3 is 23.9 Å². The molecule has 0 radical (unpaired) electrons. The lowest BCUT2D eigenvalue weighted by Gasteiger charge is -2.44. The smallest absolute Gasteiger partial charge is 0.303 e. The predicted molar refractivity (Wildman–Crippen MR) is 112 cm³/mol. The summed E-state index contributed by atoms with van der Waals surface area (Å²) in [4.78, 5) is 51.2. The molecule has 0 spiro atoms. The molecule has 0 bridgehead atoms. The number of piperazine rings is 1. The third-order valence-corrected chi connectivity index (χ3v) is 5.23. The zero-order valence-corrected chi connectivity index (χ0v) is 19.8. The molecule has 2 aliphatic heterocycles. The molecule has 0 saturated carbocycles. The van der Waals surface area contributed by atoms with Crippen LogP contribution in [0.15, 0.2) is 0 Å². The van der Waals surface area contributed by atoms with Crippen LogP contribution in [-0.4, -0.2) is 117 Å². The van der Waals surface area contributed by atoms with E-state index in [1.807, 2.05) is 0 Å². The van der Waals surface area contributed by atoms with E-state index in [0.29, 0.717) is 6.54 Å². The average Bonchev–Trinajstić information content (AvgIpc) is 2.71. The number of likely N-dealkylation sites (N-methyl/N-ethyl adjacent to an activating group) is 1. The second-order valence-corrected chi connectivity index (χ2v) is 8.08. The highest BCUT2D eigenvalue weighted by Gasteiger charge is 2.52. The highest BCUT2D eigenvalue weighted by Crippen LogP contribution is 2.30. The van der Waals surface area contributed by atoms with Crippen LogP contribution < -0.4 is 0 Å². The molecule has 3 unspecified atom stereocenters. The van der Waals surface area contributed by atoms with E-state index in [1.165, 1.54) is 27.7 Å². The van der Waals surface area contributed by atoms with E-state index in [2.05, 4.69) is 16.8 Å². The summed E-state index contributed by atoms with van der Waals surface area (Å²) >= 11 is 0. The Bertz CT molecular complexity index is 695. The van der Waals surface area contributed by atoms with Gasteiger partial charge < -0.3 is 33.3 Å². The second kappa shape index (κ2) is 12.8. The van der Waals surface area contributed by atoms with E-state index < -0.39 is 54.6 Å². The van der Waals surface area contributed by atoms with Gasteiger partial charge in [0.1, 0.15) is 12.7 Å². The Morgan fingerprint density at radius 2 is 1.33 bits per heavy atom. The minimum absolute atomic E-state index is 0.247. The molecule has 12 nitrogen and oxygen atoms in total. The molecule has 33 heavy (non-hydrogen) atoms. The van der Waals surface area contributed by atoms with Crippen molar-refractivity contribution in [3.05, 3.63) is 0 Å². The van der Waals surface area contributed by atoms with Gasteiger partial charge in [-0.2, -0.15) is 0 Å². The minimum Gasteiger partial charge on any atom is -0.463 e. The zero-order chi connectivity index (χ0) is 24.5. The molecule has 0 N–H and O–H groups in total. The molecule has 2 aliphatic rings. The van der Waals surface area contributed by atoms with Crippen LogP contribution in [0, 0.1) is 0 Å². The van der Waals surface area contributed by atoms with Gasteiger partial charge in [0.2, 0.25) is 0 Å². The Morgan fingerprint density at radius 3 is 1.88 bits per heavy atom. The molecule has 2 heterocycles. The number of ether oxygens (including phenoxy) is 6. The fourth-order valence-electron chi connectivity index (χ4n) is 3.69. The van der Waals surface area contributed by atoms with E-state index in [9.17, 15) is 19.2 Å². The van der Waals surface area contributed by atoms with Crippen molar-refractivity contribution in [2.45, 2.75) is 58.4 Å². The summed E-state index contributed by atoms with van der Waals surface area (Å²) in [6.07, 6.45) is -5.76. The molecule has 0 aromatic rings.